The van der Waals surface area contributed by atoms with Crippen LogP contribution in [0.1, 0.15) is 20.3 Å². The van der Waals surface area contributed by atoms with Crippen LogP contribution in [0.3, 0.4) is 0 Å². The Hall–Kier alpha value is -2.86. The molecular weight excluding hydrogens is 364 g/mol. The van der Waals surface area contributed by atoms with E-state index in [1.807, 2.05) is 44.2 Å². The molecule has 0 saturated heterocycles. The predicted molar refractivity (Wildman–Crippen MR) is 106 cm³/mol. The van der Waals surface area contributed by atoms with Crippen LogP contribution < -0.4 is 11.0 Å². The summed E-state index contributed by atoms with van der Waals surface area (Å²) in [5, 5.41) is 7.76. The fraction of sp³-hybridized carbons (Fsp3) is 0.250. The van der Waals surface area contributed by atoms with Crippen molar-refractivity contribution in [2.24, 2.45) is 0 Å². The standard InChI is InChI=1S/C20H21ClN4O2/c1-3-14(2)22-18(26)13-24-19(15-9-5-4-6-10-15)23-25(20(24)27)17-12-8-7-11-16(17)21/h4-12,14H,3,13H2,1-2H3,(H,22,26)/t14-/m1/s1. The van der Waals surface area contributed by atoms with Gasteiger partial charge in [-0.1, -0.05) is 61.0 Å². The van der Waals surface area contributed by atoms with Crippen LogP contribution in [0, 0.1) is 0 Å². The maximum Gasteiger partial charge on any atom is 0.351 e. The molecule has 0 radical (unpaired) electrons. The highest BCUT2D eigenvalue weighted by molar-refractivity contribution is 6.32. The van der Waals surface area contributed by atoms with Crippen molar-refractivity contribution in [1.82, 2.24) is 19.7 Å². The minimum atomic E-state index is -0.416. The normalized spacial score (nSPS) is 12.0. The molecule has 1 heterocycles. The first-order valence-corrected chi connectivity index (χ1v) is 9.18. The first-order valence-electron chi connectivity index (χ1n) is 8.80. The van der Waals surface area contributed by atoms with Crippen LogP contribution in [0.25, 0.3) is 17.1 Å². The zero-order valence-corrected chi connectivity index (χ0v) is 16.0. The number of para-hydroxylation sites is 1. The average molecular weight is 385 g/mol. The Morgan fingerprint density at radius 1 is 1.15 bits per heavy atom. The van der Waals surface area contributed by atoms with Crippen LogP contribution in [-0.2, 0) is 11.3 Å². The Morgan fingerprint density at radius 2 is 1.81 bits per heavy atom. The van der Waals surface area contributed by atoms with E-state index in [1.54, 1.807) is 24.3 Å². The Balaban J connectivity index is 2.09. The summed E-state index contributed by atoms with van der Waals surface area (Å²) >= 11 is 6.24. The van der Waals surface area contributed by atoms with Crippen molar-refractivity contribution in [1.29, 1.82) is 0 Å². The van der Waals surface area contributed by atoms with Gasteiger partial charge in [-0.15, -0.1) is 5.10 Å². The number of hydrogen-bond acceptors (Lipinski definition) is 3. The van der Waals surface area contributed by atoms with Crippen molar-refractivity contribution < 1.29 is 4.79 Å². The summed E-state index contributed by atoms with van der Waals surface area (Å²) in [4.78, 5) is 25.4. The molecule has 0 unspecified atom stereocenters. The van der Waals surface area contributed by atoms with E-state index in [4.69, 9.17) is 11.6 Å². The Kier molecular flexibility index (Phi) is 5.76. The molecule has 1 atom stereocenters. The second-order valence-electron chi connectivity index (χ2n) is 6.30. The van der Waals surface area contributed by atoms with Gasteiger partial charge in [0.1, 0.15) is 6.54 Å². The highest BCUT2D eigenvalue weighted by Gasteiger charge is 2.20. The quantitative estimate of drug-likeness (QED) is 0.709. The lowest BCUT2D eigenvalue weighted by Gasteiger charge is -2.12. The first-order chi connectivity index (χ1) is 13.0. The van der Waals surface area contributed by atoms with E-state index in [9.17, 15) is 9.59 Å². The molecule has 27 heavy (non-hydrogen) atoms. The molecule has 1 N–H and O–H groups in total. The van der Waals surface area contributed by atoms with E-state index >= 15 is 0 Å². The Labute approximate surface area is 162 Å². The van der Waals surface area contributed by atoms with Gasteiger partial charge in [0, 0.05) is 11.6 Å². The van der Waals surface area contributed by atoms with Crippen LogP contribution in [0.5, 0.6) is 0 Å². The number of nitrogens with zero attached hydrogens (tertiary/aromatic N) is 3. The lowest BCUT2D eigenvalue weighted by Crippen LogP contribution is -2.37. The highest BCUT2D eigenvalue weighted by atomic mass is 35.5. The van der Waals surface area contributed by atoms with Gasteiger partial charge in [-0.05, 0) is 25.5 Å². The van der Waals surface area contributed by atoms with Gasteiger partial charge in [-0.3, -0.25) is 9.36 Å². The molecule has 3 aromatic rings. The van der Waals surface area contributed by atoms with Crippen LogP contribution in [-0.4, -0.2) is 26.3 Å². The van der Waals surface area contributed by atoms with Gasteiger partial charge in [-0.2, -0.15) is 4.68 Å². The second-order valence-corrected chi connectivity index (χ2v) is 6.71. The summed E-state index contributed by atoms with van der Waals surface area (Å²) in [5.41, 5.74) is 0.806. The van der Waals surface area contributed by atoms with Gasteiger partial charge in [-0.25, -0.2) is 4.79 Å². The number of halogens is 1. The molecular formula is C20H21ClN4O2. The number of rotatable bonds is 6. The number of carbonyl (C=O) groups is 1. The van der Waals surface area contributed by atoms with Gasteiger partial charge in [0.2, 0.25) is 5.91 Å². The molecule has 0 aliphatic carbocycles. The zero-order valence-electron chi connectivity index (χ0n) is 15.2. The molecule has 1 amide bonds. The number of hydrogen-bond donors (Lipinski definition) is 1. The fourth-order valence-electron chi connectivity index (χ4n) is 2.69. The molecule has 140 valence electrons. The Morgan fingerprint density at radius 3 is 2.48 bits per heavy atom. The smallest absolute Gasteiger partial charge is 0.351 e. The minimum absolute atomic E-state index is 0.0343. The van der Waals surface area contributed by atoms with Gasteiger partial charge in [0.25, 0.3) is 0 Å². The molecule has 0 aliphatic rings. The highest BCUT2D eigenvalue weighted by Crippen LogP contribution is 2.20. The number of nitrogens with one attached hydrogen (secondary N) is 1. The summed E-state index contributed by atoms with van der Waals surface area (Å²) < 4.78 is 2.61. The largest absolute Gasteiger partial charge is 0.352 e. The maximum atomic E-state index is 13.0. The number of aromatic nitrogens is 3. The average Bonchev–Trinajstić information content (AvgIpc) is 2.99. The third-order valence-electron chi connectivity index (χ3n) is 4.30. The molecule has 0 fully saturated rings. The minimum Gasteiger partial charge on any atom is -0.352 e. The Bertz CT molecular complexity index is 995. The molecule has 0 saturated carbocycles. The maximum absolute atomic E-state index is 13.0. The van der Waals surface area contributed by atoms with Crippen LogP contribution in [0.4, 0.5) is 0 Å². The lowest BCUT2D eigenvalue weighted by molar-refractivity contribution is -0.122. The van der Waals surface area contributed by atoms with E-state index in [2.05, 4.69) is 10.4 Å². The van der Waals surface area contributed by atoms with Crippen molar-refractivity contribution in [3.63, 3.8) is 0 Å². The van der Waals surface area contributed by atoms with E-state index in [0.717, 1.165) is 12.0 Å². The monoisotopic (exact) mass is 384 g/mol. The SMILES string of the molecule is CC[C@@H](C)NC(=O)Cn1c(-c2ccccc2)nn(-c2ccccc2Cl)c1=O. The summed E-state index contributed by atoms with van der Waals surface area (Å²) in [5.74, 6) is 0.183. The third kappa shape index (κ3) is 4.11. The summed E-state index contributed by atoms with van der Waals surface area (Å²) in [6.07, 6.45) is 0.811. The molecule has 0 spiro atoms. The van der Waals surface area contributed by atoms with Crippen LogP contribution in [0.2, 0.25) is 5.02 Å². The van der Waals surface area contributed by atoms with Crippen LogP contribution in [0.15, 0.2) is 59.4 Å². The van der Waals surface area contributed by atoms with Gasteiger partial charge < -0.3 is 5.32 Å². The third-order valence-corrected chi connectivity index (χ3v) is 4.62. The van der Waals surface area contributed by atoms with Crippen molar-refractivity contribution in [2.75, 3.05) is 0 Å². The van der Waals surface area contributed by atoms with Crippen molar-refractivity contribution in [3.05, 3.63) is 70.1 Å². The molecule has 3 rings (SSSR count). The molecule has 0 bridgehead atoms. The van der Waals surface area contributed by atoms with Gasteiger partial charge in [0.05, 0.1) is 10.7 Å². The number of carbonyl (C=O) groups excluding carboxylic acids is 1. The molecule has 7 heteroatoms. The summed E-state index contributed by atoms with van der Waals surface area (Å²) in [6.45, 7) is 3.80. The van der Waals surface area contributed by atoms with E-state index in [1.165, 1.54) is 9.25 Å². The van der Waals surface area contributed by atoms with Gasteiger partial charge >= 0.3 is 5.69 Å². The number of amides is 1. The lowest BCUT2D eigenvalue weighted by atomic mass is 10.2. The van der Waals surface area contributed by atoms with E-state index in [-0.39, 0.29) is 18.5 Å². The number of benzene rings is 2. The molecule has 0 aliphatic heterocycles. The summed E-state index contributed by atoms with van der Waals surface area (Å²) in [7, 11) is 0. The van der Waals surface area contributed by atoms with E-state index < -0.39 is 5.69 Å². The fourth-order valence-corrected chi connectivity index (χ4v) is 2.90. The first kappa shape index (κ1) is 18.9. The molecule has 6 nitrogen and oxygen atoms in total. The predicted octanol–water partition coefficient (Wildman–Crippen LogP) is 3.27. The molecule has 2 aromatic carbocycles. The topological polar surface area (TPSA) is 68.9 Å². The van der Waals surface area contributed by atoms with Crippen LogP contribution >= 0.6 is 11.6 Å². The molecule has 1 aromatic heterocycles. The van der Waals surface area contributed by atoms with Gasteiger partial charge in [0.15, 0.2) is 5.82 Å². The van der Waals surface area contributed by atoms with E-state index in [0.29, 0.717) is 16.5 Å². The van der Waals surface area contributed by atoms with Crippen molar-refractivity contribution >= 4 is 17.5 Å². The van der Waals surface area contributed by atoms with Crippen molar-refractivity contribution in [2.45, 2.75) is 32.9 Å². The second kappa shape index (κ2) is 8.22. The van der Waals surface area contributed by atoms with Crippen molar-refractivity contribution in [3.8, 4) is 17.1 Å². The summed E-state index contributed by atoms with van der Waals surface area (Å²) in [6, 6.07) is 16.3. The zero-order chi connectivity index (χ0) is 19.4.